The summed E-state index contributed by atoms with van der Waals surface area (Å²) < 4.78 is 65.6. The van der Waals surface area contributed by atoms with Gasteiger partial charge in [-0.2, -0.15) is 13.2 Å². The van der Waals surface area contributed by atoms with Gasteiger partial charge in [-0.05, 0) is 56.5 Å². The highest BCUT2D eigenvalue weighted by Crippen LogP contribution is 2.29. The van der Waals surface area contributed by atoms with Gasteiger partial charge in [0.25, 0.3) is 0 Å². The summed E-state index contributed by atoms with van der Waals surface area (Å²) in [7, 11) is -3.76. The van der Waals surface area contributed by atoms with Crippen molar-refractivity contribution >= 4 is 26.5 Å². The second-order valence-electron chi connectivity index (χ2n) is 8.09. The number of sulfonamides is 1. The number of likely N-dealkylation sites (tertiary alicyclic amines) is 1. The van der Waals surface area contributed by atoms with E-state index in [1.165, 1.54) is 23.2 Å². The number of pyridine rings is 1. The second kappa shape index (κ2) is 11.3. The summed E-state index contributed by atoms with van der Waals surface area (Å²) in [5.74, 6) is 0.349. The van der Waals surface area contributed by atoms with E-state index in [2.05, 4.69) is 15.0 Å². The number of aromatic nitrogens is 1. The van der Waals surface area contributed by atoms with Crippen molar-refractivity contribution in [3.8, 4) is 0 Å². The third-order valence-electron chi connectivity index (χ3n) is 5.71. The Labute approximate surface area is 191 Å². The average Bonchev–Trinajstić information content (AvgIpc) is 2.77. The Morgan fingerprint density at radius 2 is 1.91 bits per heavy atom. The molecule has 3 N–H and O–H groups in total. The number of aliphatic hydroxyl groups is 1. The summed E-state index contributed by atoms with van der Waals surface area (Å²) in [6, 6.07) is 4.89. The topological polar surface area (TPSA) is 94.6 Å². The van der Waals surface area contributed by atoms with Gasteiger partial charge in [-0.25, -0.2) is 13.1 Å². The highest BCUT2D eigenvalue weighted by Gasteiger charge is 2.32. The van der Waals surface area contributed by atoms with Gasteiger partial charge in [0.05, 0.1) is 18.0 Å². The van der Waals surface area contributed by atoms with Gasteiger partial charge in [-0.15, -0.1) is 0 Å². The molecule has 0 aliphatic carbocycles. The first-order valence-corrected chi connectivity index (χ1v) is 12.3. The molecule has 7 nitrogen and oxygen atoms in total. The first-order chi connectivity index (χ1) is 15.7. The van der Waals surface area contributed by atoms with Crippen molar-refractivity contribution in [2.75, 3.05) is 44.6 Å². The second-order valence-corrected chi connectivity index (χ2v) is 9.82. The minimum Gasteiger partial charge on any atom is -0.392 e. The molecule has 33 heavy (non-hydrogen) atoms. The molecule has 1 aromatic heterocycles. The lowest BCUT2D eigenvalue weighted by molar-refractivity contribution is -0.148. The van der Waals surface area contributed by atoms with Crippen LogP contribution in [0.4, 0.5) is 18.9 Å². The molecular weight excluding hydrogens is 457 g/mol. The molecule has 0 radical (unpaired) electrons. The molecule has 0 spiro atoms. The van der Waals surface area contributed by atoms with Crippen LogP contribution in [0.3, 0.4) is 0 Å². The Kier molecular flexibility index (Phi) is 8.69. The van der Waals surface area contributed by atoms with Crippen molar-refractivity contribution in [2.45, 2.75) is 30.3 Å². The molecule has 1 aliphatic heterocycles. The van der Waals surface area contributed by atoms with Crippen LogP contribution in [0.1, 0.15) is 19.3 Å². The van der Waals surface area contributed by atoms with Gasteiger partial charge >= 0.3 is 6.18 Å². The first kappa shape index (κ1) is 25.4. The monoisotopic (exact) mass is 486 g/mol. The number of rotatable bonds is 10. The van der Waals surface area contributed by atoms with Gasteiger partial charge in [0.2, 0.25) is 10.0 Å². The van der Waals surface area contributed by atoms with Crippen molar-refractivity contribution in [2.24, 2.45) is 5.92 Å². The molecule has 2 aromatic rings. The Bertz CT molecular complexity index is 1050. The van der Waals surface area contributed by atoms with Gasteiger partial charge in [0, 0.05) is 41.9 Å². The zero-order valence-electron chi connectivity index (χ0n) is 18.2. The number of fused-ring (bicyclic) bond motifs is 1. The number of nitrogens with one attached hydrogen (secondary N) is 2. The van der Waals surface area contributed by atoms with Crippen LogP contribution in [0.15, 0.2) is 47.6 Å². The normalized spacial score (nSPS) is 16.6. The summed E-state index contributed by atoms with van der Waals surface area (Å²) in [5.41, 5.74) is 0.756. The zero-order chi connectivity index (χ0) is 23.9. The maximum atomic E-state index is 12.7. The molecule has 1 aromatic carbocycles. The van der Waals surface area contributed by atoms with Gasteiger partial charge in [-0.3, -0.25) is 9.88 Å². The van der Waals surface area contributed by atoms with Crippen molar-refractivity contribution in [3.05, 3.63) is 42.7 Å². The van der Waals surface area contributed by atoms with Gasteiger partial charge in [0.15, 0.2) is 0 Å². The van der Waals surface area contributed by atoms with Crippen LogP contribution in [0.25, 0.3) is 10.8 Å². The number of anilines is 1. The van der Waals surface area contributed by atoms with Gasteiger partial charge in [0.1, 0.15) is 0 Å². The number of halogens is 3. The minimum atomic E-state index is -4.16. The molecule has 1 aliphatic rings. The van der Waals surface area contributed by atoms with Crippen molar-refractivity contribution < 1.29 is 26.7 Å². The van der Waals surface area contributed by atoms with E-state index in [9.17, 15) is 21.6 Å². The van der Waals surface area contributed by atoms with Crippen molar-refractivity contribution in [1.82, 2.24) is 14.6 Å². The zero-order valence-corrected chi connectivity index (χ0v) is 19.0. The van der Waals surface area contributed by atoms with Gasteiger partial charge < -0.3 is 10.4 Å². The maximum Gasteiger partial charge on any atom is 0.401 e. The van der Waals surface area contributed by atoms with Gasteiger partial charge in [-0.1, -0.05) is 12.2 Å². The minimum absolute atomic E-state index is 0.0667. The molecule has 0 unspecified atom stereocenters. The molecule has 0 bridgehead atoms. The van der Waals surface area contributed by atoms with E-state index in [1.807, 2.05) is 0 Å². The SMILES string of the molecule is O=S(=O)(NC/C=C/CO)c1ccc(NCCC2CCN(CC(F)(F)F)CC2)c2cnccc12. The third kappa shape index (κ3) is 7.39. The summed E-state index contributed by atoms with van der Waals surface area (Å²) in [6.45, 7) is 0.581. The summed E-state index contributed by atoms with van der Waals surface area (Å²) in [4.78, 5) is 5.72. The molecule has 11 heteroatoms. The number of nitrogens with zero attached hydrogens (tertiary/aromatic N) is 2. The lowest BCUT2D eigenvalue weighted by Gasteiger charge is -2.32. The predicted octanol–water partition coefficient (Wildman–Crippen LogP) is 3.14. The van der Waals surface area contributed by atoms with Crippen LogP contribution in [-0.4, -0.2) is 68.9 Å². The van der Waals surface area contributed by atoms with E-state index in [0.29, 0.717) is 36.3 Å². The molecule has 0 amide bonds. The molecule has 1 fully saturated rings. The standard InChI is InChI=1S/C22H29F3N4O3S/c23-22(24,25)16-29-12-7-17(8-13-29)5-11-27-20-3-4-21(18-6-10-26-15-19(18)20)33(31,32)28-9-1-2-14-30/h1-4,6,10,15,17,27-28,30H,5,7-9,11-14,16H2/b2-1+. The number of benzene rings is 1. The fraction of sp³-hybridized carbons (Fsp3) is 0.500. The van der Waals surface area contributed by atoms with Crippen LogP contribution >= 0.6 is 0 Å². The van der Waals surface area contributed by atoms with E-state index < -0.39 is 22.7 Å². The molecule has 0 atom stereocenters. The lowest BCUT2D eigenvalue weighted by atomic mass is 9.93. The smallest absolute Gasteiger partial charge is 0.392 e. The highest BCUT2D eigenvalue weighted by atomic mass is 32.2. The van der Waals surface area contributed by atoms with Crippen LogP contribution in [-0.2, 0) is 10.0 Å². The summed E-state index contributed by atoms with van der Waals surface area (Å²) in [6.07, 6.45) is 4.25. The third-order valence-corrected chi connectivity index (χ3v) is 7.19. The molecule has 1 saturated heterocycles. The van der Waals surface area contributed by atoms with Crippen LogP contribution in [0.5, 0.6) is 0 Å². The number of hydrogen-bond acceptors (Lipinski definition) is 6. The van der Waals surface area contributed by atoms with E-state index in [-0.39, 0.29) is 18.0 Å². The average molecular weight is 487 g/mol. The van der Waals surface area contributed by atoms with Crippen LogP contribution in [0.2, 0.25) is 0 Å². The Balaban J connectivity index is 1.61. The van der Waals surface area contributed by atoms with Crippen molar-refractivity contribution in [1.29, 1.82) is 0 Å². The number of aliphatic hydroxyl groups excluding tert-OH is 1. The number of hydrogen-bond donors (Lipinski definition) is 3. The number of piperidine rings is 1. The van der Waals surface area contributed by atoms with Crippen LogP contribution in [0, 0.1) is 5.92 Å². The summed E-state index contributed by atoms with van der Waals surface area (Å²) >= 11 is 0. The molecule has 0 saturated carbocycles. The van der Waals surface area contributed by atoms with Crippen LogP contribution < -0.4 is 10.0 Å². The Morgan fingerprint density at radius 1 is 1.15 bits per heavy atom. The van der Waals surface area contributed by atoms with Crippen molar-refractivity contribution in [3.63, 3.8) is 0 Å². The highest BCUT2D eigenvalue weighted by molar-refractivity contribution is 7.89. The largest absolute Gasteiger partial charge is 0.401 e. The quantitative estimate of drug-likeness (QED) is 0.447. The lowest BCUT2D eigenvalue weighted by Crippen LogP contribution is -2.40. The fourth-order valence-corrected chi connectivity index (χ4v) is 5.23. The maximum absolute atomic E-state index is 12.7. The summed E-state index contributed by atoms with van der Waals surface area (Å²) in [5, 5.41) is 13.3. The van der Waals surface area contributed by atoms with E-state index >= 15 is 0 Å². The molecule has 3 rings (SSSR count). The van der Waals surface area contributed by atoms with E-state index in [4.69, 9.17) is 5.11 Å². The number of alkyl halides is 3. The molecule has 182 valence electrons. The van der Waals surface area contributed by atoms with E-state index in [0.717, 1.165) is 24.9 Å². The predicted molar refractivity (Wildman–Crippen MR) is 121 cm³/mol. The Morgan fingerprint density at radius 3 is 2.61 bits per heavy atom. The first-order valence-electron chi connectivity index (χ1n) is 10.8. The Hall–Kier alpha value is -2.21. The molecule has 2 heterocycles. The van der Waals surface area contributed by atoms with E-state index in [1.54, 1.807) is 24.4 Å². The molecular formula is C22H29F3N4O3S. The fourth-order valence-electron chi connectivity index (χ4n) is 4.04.